The van der Waals surface area contributed by atoms with Crippen LogP contribution in [-0.4, -0.2) is 81.1 Å². The predicted molar refractivity (Wildman–Crippen MR) is 147 cm³/mol. The lowest BCUT2D eigenvalue weighted by Gasteiger charge is -2.32. The van der Waals surface area contributed by atoms with E-state index in [-0.39, 0.29) is 12.0 Å². The van der Waals surface area contributed by atoms with E-state index in [9.17, 15) is 4.79 Å². The molecule has 5 heterocycles. The number of pyridine rings is 1. The van der Waals surface area contributed by atoms with Gasteiger partial charge in [-0.25, -0.2) is 9.97 Å². The third-order valence-electron chi connectivity index (χ3n) is 7.60. The number of carbonyl (C=O) groups is 1. The minimum Gasteiger partial charge on any atom is -0.377 e. The fourth-order valence-electron chi connectivity index (χ4n) is 5.48. The van der Waals surface area contributed by atoms with Gasteiger partial charge in [-0.1, -0.05) is 12.1 Å². The molecule has 0 unspecified atom stereocenters. The van der Waals surface area contributed by atoms with Crippen LogP contribution in [0, 0.1) is 0 Å². The number of amides is 1. The summed E-state index contributed by atoms with van der Waals surface area (Å²) in [5.41, 5.74) is 4.34. The van der Waals surface area contributed by atoms with Crippen molar-refractivity contribution < 1.29 is 9.53 Å². The Labute approximate surface area is 223 Å². The van der Waals surface area contributed by atoms with Crippen LogP contribution in [0.3, 0.4) is 0 Å². The molecule has 38 heavy (non-hydrogen) atoms. The molecule has 2 aliphatic heterocycles. The van der Waals surface area contributed by atoms with E-state index in [1.165, 1.54) is 25.9 Å². The van der Waals surface area contributed by atoms with Crippen LogP contribution in [0.4, 0.5) is 0 Å². The van der Waals surface area contributed by atoms with Gasteiger partial charge in [0.1, 0.15) is 11.5 Å². The van der Waals surface area contributed by atoms with Crippen molar-refractivity contribution in [2.24, 2.45) is 0 Å². The van der Waals surface area contributed by atoms with Crippen molar-refractivity contribution in [3.8, 4) is 11.4 Å². The summed E-state index contributed by atoms with van der Waals surface area (Å²) in [6.45, 7) is 5.69. The SMILES string of the molecule is O=C(c1cc2cc(Cc3nccc(-c4ccccn4)n3)ccc2[nH]1)N1CCC(OCCN2CCCC2)CC1. The van der Waals surface area contributed by atoms with Gasteiger partial charge in [0.2, 0.25) is 0 Å². The summed E-state index contributed by atoms with van der Waals surface area (Å²) in [5, 5.41) is 1.02. The predicted octanol–water partition coefficient (Wildman–Crippen LogP) is 4.33. The van der Waals surface area contributed by atoms with Gasteiger partial charge in [0.25, 0.3) is 5.91 Å². The van der Waals surface area contributed by atoms with Gasteiger partial charge >= 0.3 is 0 Å². The molecule has 0 radical (unpaired) electrons. The second-order valence-electron chi connectivity index (χ2n) is 10.3. The first-order valence-electron chi connectivity index (χ1n) is 13.7. The van der Waals surface area contributed by atoms with Gasteiger partial charge < -0.3 is 19.5 Å². The molecule has 3 aromatic heterocycles. The number of aromatic amines is 1. The molecule has 2 aliphatic rings. The van der Waals surface area contributed by atoms with Crippen molar-refractivity contribution >= 4 is 16.8 Å². The number of H-pyrrole nitrogens is 1. The highest BCUT2D eigenvalue weighted by Gasteiger charge is 2.25. The number of aromatic nitrogens is 4. The zero-order valence-corrected chi connectivity index (χ0v) is 21.7. The molecular weight excluding hydrogens is 476 g/mol. The van der Waals surface area contributed by atoms with Crippen molar-refractivity contribution in [2.75, 3.05) is 39.3 Å². The number of carbonyl (C=O) groups excluding carboxylic acids is 1. The Hall–Kier alpha value is -3.62. The topological polar surface area (TPSA) is 87.2 Å². The number of rotatable bonds is 8. The molecule has 0 aliphatic carbocycles. The third-order valence-corrected chi connectivity index (χ3v) is 7.60. The lowest BCUT2D eigenvalue weighted by atomic mass is 10.1. The van der Waals surface area contributed by atoms with Crippen LogP contribution in [0.5, 0.6) is 0 Å². The summed E-state index contributed by atoms with van der Waals surface area (Å²) in [6.07, 6.45) is 8.82. The van der Waals surface area contributed by atoms with Crippen molar-refractivity contribution in [1.82, 2.24) is 29.7 Å². The van der Waals surface area contributed by atoms with Crippen LogP contribution in [0.25, 0.3) is 22.3 Å². The molecule has 1 amide bonds. The fourth-order valence-corrected chi connectivity index (χ4v) is 5.48. The number of fused-ring (bicyclic) bond motifs is 1. The van der Waals surface area contributed by atoms with E-state index >= 15 is 0 Å². The Morgan fingerprint density at radius 2 is 1.82 bits per heavy atom. The highest BCUT2D eigenvalue weighted by molar-refractivity contribution is 5.98. The average Bonchev–Trinajstić information content (AvgIpc) is 3.64. The molecule has 2 saturated heterocycles. The van der Waals surface area contributed by atoms with Gasteiger partial charge in [-0.05, 0) is 80.7 Å². The number of nitrogens with one attached hydrogen (secondary N) is 1. The Kier molecular flexibility index (Phi) is 7.42. The number of hydrogen-bond acceptors (Lipinski definition) is 6. The van der Waals surface area contributed by atoms with Crippen LogP contribution >= 0.6 is 0 Å². The summed E-state index contributed by atoms with van der Waals surface area (Å²) < 4.78 is 6.12. The minimum absolute atomic E-state index is 0.0599. The molecule has 0 saturated carbocycles. The van der Waals surface area contributed by atoms with E-state index in [2.05, 4.69) is 32.0 Å². The van der Waals surface area contributed by atoms with E-state index in [0.29, 0.717) is 12.1 Å². The van der Waals surface area contributed by atoms with Gasteiger partial charge in [-0.3, -0.25) is 9.78 Å². The lowest BCUT2D eigenvalue weighted by Crippen LogP contribution is -2.41. The number of hydrogen-bond donors (Lipinski definition) is 1. The summed E-state index contributed by atoms with van der Waals surface area (Å²) in [4.78, 5) is 34.5. The minimum atomic E-state index is 0.0599. The third kappa shape index (κ3) is 5.76. The van der Waals surface area contributed by atoms with Gasteiger partial charge in [0.15, 0.2) is 0 Å². The molecule has 196 valence electrons. The van der Waals surface area contributed by atoms with E-state index in [0.717, 1.165) is 72.8 Å². The molecule has 8 heteroatoms. The summed E-state index contributed by atoms with van der Waals surface area (Å²) in [6, 6.07) is 15.8. The molecular formula is C30H34N6O2. The van der Waals surface area contributed by atoms with Gasteiger partial charge in [-0.15, -0.1) is 0 Å². The zero-order valence-electron chi connectivity index (χ0n) is 21.7. The summed E-state index contributed by atoms with van der Waals surface area (Å²) in [5.74, 6) is 0.800. The molecule has 4 aromatic rings. The summed E-state index contributed by atoms with van der Waals surface area (Å²) in [7, 11) is 0. The van der Waals surface area contributed by atoms with E-state index < -0.39 is 0 Å². The standard InChI is InChI=1S/C30H34N6O2/c37-30(36-15-9-24(10-16-36)38-18-17-35-13-3-4-14-35)28-21-23-19-22(6-7-25(23)33-28)20-29-32-12-8-27(34-29)26-5-1-2-11-31-26/h1-2,5-8,11-12,19,21,24,33H,3-4,9-10,13-18,20H2. The first kappa shape index (κ1) is 24.7. The normalized spacial score (nSPS) is 16.9. The Morgan fingerprint density at radius 1 is 0.947 bits per heavy atom. The van der Waals surface area contributed by atoms with E-state index in [1.54, 1.807) is 12.4 Å². The van der Waals surface area contributed by atoms with Crippen molar-refractivity contribution in [2.45, 2.75) is 38.2 Å². The molecule has 0 atom stereocenters. The molecule has 1 N–H and O–H groups in total. The molecule has 0 spiro atoms. The van der Waals surface area contributed by atoms with Crippen molar-refractivity contribution in [3.05, 3.63) is 78.0 Å². The number of benzene rings is 1. The number of likely N-dealkylation sites (tertiary alicyclic amines) is 2. The maximum Gasteiger partial charge on any atom is 0.270 e. The second kappa shape index (κ2) is 11.4. The highest BCUT2D eigenvalue weighted by atomic mass is 16.5. The molecule has 2 fully saturated rings. The van der Waals surface area contributed by atoms with Crippen molar-refractivity contribution in [3.63, 3.8) is 0 Å². The quantitative estimate of drug-likeness (QED) is 0.380. The Balaban J connectivity index is 1.06. The van der Waals surface area contributed by atoms with Crippen LogP contribution < -0.4 is 0 Å². The number of piperidine rings is 1. The van der Waals surface area contributed by atoms with Crippen molar-refractivity contribution in [1.29, 1.82) is 0 Å². The van der Waals surface area contributed by atoms with Gasteiger partial charge in [0.05, 0.1) is 24.1 Å². The van der Waals surface area contributed by atoms with E-state index in [1.807, 2.05) is 41.3 Å². The van der Waals surface area contributed by atoms with Crippen LogP contribution in [-0.2, 0) is 11.2 Å². The zero-order chi connectivity index (χ0) is 25.7. The van der Waals surface area contributed by atoms with Crippen LogP contribution in [0.15, 0.2) is 60.9 Å². The molecule has 1 aromatic carbocycles. The fraction of sp³-hybridized carbons (Fsp3) is 0.400. The first-order valence-corrected chi connectivity index (χ1v) is 13.7. The van der Waals surface area contributed by atoms with Gasteiger partial charge in [-0.2, -0.15) is 0 Å². The number of ether oxygens (including phenoxy) is 1. The second-order valence-corrected chi connectivity index (χ2v) is 10.3. The highest BCUT2D eigenvalue weighted by Crippen LogP contribution is 2.22. The Bertz CT molecular complexity index is 1370. The maximum atomic E-state index is 13.2. The van der Waals surface area contributed by atoms with Crippen LogP contribution in [0.2, 0.25) is 0 Å². The smallest absolute Gasteiger partial charge is 0.270 e. The molecule has 6 rings (SSSR count). The number of nitrogens with zero attached hydrogens (tertiary/aromatic N) is 5. The Morgan fingerprint density at radius 3 is 2.63 bits per heavy atom. The van der Waals surface area contributed by atoms with Crippen LogP contribution in [0.1, 0.15) is 47.6 Å². The van der Waals surface area contributed by atoms with E-state index in [4.69, 9.17) is 9.72 Å². The monoisotopic (exact) mass is 510 g/mol. The summed E-state index contributed by atoms with van der Waals surface area (Å²) >= 11 is 0. The molecule has 8 nitrogen and oxygen atoms in total. The van der Waals surface area contributed by atoms with Gasteiger partial charge in [0, 0.05) is 49.4 Å². The average molecular weight is 511 g/mol. The maximum absolute atomic E-state index is 13.2. The molecule has 0 bridgehead atoms. The lowest BCUT2D eigenvalue weighted by molar-refractivity contribution is 0.00197. The first-order chi connectivity index (χ1) is 18.7. The largest absolute Gasteiger partial charge is 0.377 e.